The van der Waals surface area contributed by atoms with Gasteiger partial charge in [-0.1, -0.05) is 31.5 Å². The van der Waals surface area contributed by atoms with Crippen molar-refractivity contribution in [2.24, 2.45) is 0 Å². The first-order valence-electron chi connectivity index (χ1n) is 8.30. The third-order valence-corrected chi connectivity index (χ3v) is 5.80. The van der Waals surface area contributed by atoms with Crippen molar-refractivity contribution in [1.82, 2.24) is 5.32 Å². The molecule has 1 amide bonds. The van der Waals surface area contributed by atoms with Crippen LogP contribution in [0.4, 0.5) is 5.69 Å². The minimum atomic E-state index is -3.63. The molecule has 0 aromatic heterocycles. The van der Waals surface area contributed by atoms with E-state index in [1.54, 1.807) is 55.5 Å². The molecule has 0 aliphatic heterocycles. The minimum absolute atomic E-state index is 0.142. The Morgan fingerprint density at radius 3 is 2.40 bits per heavy atom. The number of anilines is 1. The molecule has 6 heteroatoms. The van der Waals surface area contributed by atoms with E-state index in [9.17, 15) is 13.2 Å². The van der Waals surface area contributed by atoms with E-state index in [1.807, 2.05) is 0 Å². The molecule has 2 aromatic carbocycles. The number of benzene rings is 2. The number of unbranched alkanes of at least 4 members (excludes halogenated alkanes) is 1. The van der Waals surface area contributed by atoms with Crippen molar-refractivity contribution in [3.63, 3.8) is 0 Å². The number of nitrogens with one attached hydrogen (secondary N) is 1. The molecule has 2 rings (SSSR count). The molecule has 134 valence electrons. The van der Waals surface area contributed by atoms with E-state index in [0.29, 0.717) is 17.8 Å². The van der Waals surface area contributed by atoms with Crippen LogP contribution in [0.5, 0.6) is 0 Å². The number of hydrogen-bond donors (Lipinski definition) is 1. The number of rotatable bonds is 7. The summed E-state index contributed by atoms with van der Waals surface area (Å²) in [5.74, 6) is -0.142. The van der Waals surface area contributed by atoms with Gasteiger partial charge in [0.05, 0.1) is 10.6 Å². The molecule has 5 nitrogen and oxygen atoms in total. The maximum atomic E-state index is 12.7. The lowest BCUT2D eigenvalue weighted by molar-refractivity contribution is 0.0953. The molecule has 0 unspecified atom stereocenters. The first-order chi connectivity index (χ1) is 11.9. The Bertz CT molecular complexity index is 833. The summed E-state index contributed by atoms with van der Waals surface area (Å²) in [5, 5.41) is 2.86. The van der Waals surface area contributed by atoms with Gasteiger partial charge in [0.2, 0.25) is 0 Å². The van der Waals surface area contributed by atoms with Crippen LogP contribution in [0.3, 0.4) is 0 Å². The minimum Gasteiger partial charge on any atom is -0.352 e. The number of amides is 1. The van der Waals surface area contributed by atoms with Gasteiger partial charge in [-0.2, -0.15) is 0 Å². The van der Waals surface area contributed by atoms with E-state index in [2.05, 4.69) is 12.2 Å². The summed E-state index contributed by atoms with van der Waals surface area (Å²) in [6.45, 7) is 4.50. The Kier molecular flexibility index (Phi) is 6.20. The van der Waals surface area contributed by atoms with Gasteiger partial charge in [0, 0.05) is 19.2 Å². The highest BCUT2D eigenvalue weighted by Gasteiger charge is 2.22. The van der Waals surface area contributed by atoms with Crippen molar-refractivity contribution in [3.8, 4) is 0 Å². The molecule has 0 saturated heterocycles. The second-order valence-electron chi connectivity index (χ2n) is 5.90. The Labute approximate surface area is 149 Å². The first kappa shape index (κ1) is 19.0. The molecule has 2 aromatic rings. The van der Waals surface area contributed by atoms with Crippen LogP contribution in [0.25, 0.3) is 0 Å². The van der Waals surface area contributed by atoms with Crippen molar-refractivity contribution < 1.29 is 13.2 Å². The quantitative estimate of drug-likeness (QED) is 0.770. The van der Waals surface area contributed by atoms with Crippen LogP contribution in [0, 0.1) is 6.92 Å². The average Bonchev–Trinajstić information content (AvgIpc) is 2.62. The second-order valence-corrected chi connectivity index (χ2v) is 7.87. The van der Waals surface area contributed by atoms with Gasteiger partial charge >= 0.3 is 0 Å². The lowest BCUT2D eigenvalue weighted by Crippen LogP contribution is -2.28. The Morgan fingerprint density at radius 1 is 1.12 bits per heavy atom. The molecule has 0 fully saturated rings. The van der Waals surface area contributed by atoms with Crippen LogP contribution >= 0.6 is 0 Å². The SMILES string of the molecule is CCCCNC(=O)c1ccc(N(C)S(=O)(=O)c2ccccc2)c(C)c1. The summed E-state index contributed by atoms with van der Waals surface area (Å²) >= 11 is 0. The van der Waals surface area contributed by atoms with Gasteiger partial charge < -0.3 is 5.32 Å². The van der Waals surface area contributed by atoms with Gasteiger partial charge in [0.15, 0.2) is 0 Å². The van der Waals surface area contributed by atoms with Gasteiger partial charge in [-0.25, -0.2) is 8.42 Å². The number of sulfonamides is 1. The topological polar surface area (TPSA) is 66.5 Å². The zero-order valence-corrected chi connectivity index (χ0v) is 15.6. The maximum Gasteiger partial charge on any atom is 0.264 e. The fourth-order valence-electron chi connectivity index (χ4n) is 2.51. The average molecular weight is 360 g/mol. The molecular formula is C19H24N2O3S. The van der Waals surface area contributed by atoms with Crippen molar-refractivity contribution in [2.75, 3.05) is 17.9 Å². The van der Waals surface area contributed by atoms with Crippen molar-refractivity contribution in [3.05, 3.63) is 59.7 Å². The highest BCUT2D eigenvalue weighted by Crippen LogP contribution is 2.26. The van der Waals surface area contributed by atoms with Crippen LogP contribution in [-0.2, 0) is 10.0 Å². The third kappa shape index (κ3) is 4.39. The van der Waals surface area contributed by atoms with Crippen molar-refractivity contribution in [2.45, 2.75) is 31.6 Å². The molecule has 0 radical (unpaired) electrons. The summed E-state index contributed by atoms with van der Waals surface area (Å²) in [7, 11) is -2.11. The maximum absolute atomic E-state index is 12.7. The Balaban J connectivity index is 2.24. The number of hydrogen-bond acceptors (Lipinski definition) is 3. The predicted molar refractivity (Wildman–Crippen MR) is 100 cm³/mol. The van der Waals surface area contributed by atoms with Crippen molar-refractivity contribution in [1.29, 1.82) is 0 Å². The molecule has 25 heavy (non-hydrogen) atoms. The monoisotopic (exact) mass is 360 g/mol. The highest BCUT2D eigenvalue weighted by molar-refractivity contribution is 7.92. The summed E-state index contributed by atoms with van der Waals surface area (Å²) < 4.78 is 26.7. The number of carbonyl (C=O) groups is 1. The third-order valence-electron chi connectivity index (χ3n) is 4.02. The van der Waals surface area contributed by atoms with Crippen LogP contribution in [-0.4, -0.2) is 27.9 Å². The molecule has 1 N–H and O–H groups in total. The molecule has 0 bridgehead atoms. The zero-order valence-electron chi connectivity index (χ0n) is 14.8. The fraction of sp³-hybridized carbons (Fsp3) is 0.316. The molecule has 0 spiro atoms. The summed E-state index contributed by atoms with van der Waals surface area (Å²) in [6, 6.07) is 13.3. The van der Waals surface area contributed by atoms with E-state index in [-0.39, 0.29) is 10.8 Å². The standard InChI is InChI=1S/C19H24N2O3S/c1-4-5-13-20-19(22)16-11-12-18(15(2)14-16)21(3)25(23,24)17-9-7-6-8-10-17/h6-12,14H,4-5,13H2,1-3H3,(H,20,22). The smallest absolute Gasteiger partial charge is 0.264 e. The number of nitrogens with zero attached hydrogens (tertiary/aromatic N) is 1. The molecule has 0 saturated carbocycles. The summed E-state index contributed by atoms with van der Waals surface area (Å²) in [6.07, 6.45) is 1.95. The zero-order chi connectivity index (χ0) is 18.4. The van der Waals surface area contributed by atoms with Gasteiger partial charge in [-0.05, 0) is 49.2 Å². The second kappa shape index (κ2) is 8.16. The molecular weight excluding hydrogens is 336 g/mol. The summed E-state index contributed by atoms with van der Waals surface area (Å²) in [5.41, 5.74) is 1.81. The Hall–Kier alpha value is -2.34. The molecule has 0 aliphatic rings. The lowest BCUT2D eigenvalue weighted by Gasteiger charge is -2.22. The van der Waals surface area contributed by atoms with Crippen LogP contribution in [0.2, 0.25) is 0 Å². The van der Waals surface area contributed by atoms with Crippen LogP contribution in [0.1, 0.15) is 35.7 Å². The predicted octanol–water partition coefficient (Wildman–Crippen LogP) is 3.35. The van der Waals surface area contributed by atoms with Gasteiger partial charge in [-0.3, -0.25) is 9.10 Å². The first-order valence-corrected chi connectivity index (χ1v) is 9.74. The number of aryl methyl sites for hydroxylation is 1. The van der Waals surface area contributed by atoms with E-state index in [0.717, 1.165) is 18.4 Å². The normalized spacial score (nSPS) is 11.2. The molecule has 0 atom stereocenters. The Morgan fingerprint density at radius 2 is 1.80 bits per heavy atom. The van der Waals surface area contributed by atoms with Crippen LogP contribution in [0.15, 0.2) is 53.4 Å². The molecule has 0 heterocycles. The van der Waals surface area contributed by atoms with Crippen molar-refractivity contribution >= 4 is 21.6 Å². The van der Waals surface area contributed by atoms with Crippen LogP contribution < -0.4 is 9.62 Å². The fourth-order valence-corrected chi connectivity index (χ4v) is 3.79. The van der Waals surface area contributed by atoms with Gasteiger partial charge in [0.1, 0.15) is 0 Å². The van der Waals surface area contributed by atoms with E-state index in [4.69, 9.17) is 0 Å². The number of carbonyl (C=O) groups excluding carboxylic acids is 1. The molecule has 0 aliphatic carbocycles. The van der Waals surface area contributed by atoms with E-state index < -0.39 is 10.0 Å². The lowest BCUT2D eigenvalue weighted by atomic mass is 10.1. The van der Waals surface area contributed by atoms with Gasteiger partial charge in [-0.15, -0.1) is 0 Å². The van der Waals surface area contributed by atoms with E-state index in [1.165, 1.54) is 11.4 Å². The largest absolute Gasteiger partial charge is 0.352 e. The highest BCUT2D eigenvalue weighted by atomic mass is 32.2. The van der Waals surface area contributed by atoms with Gasteiger partial charge in [0.25, 0.3) is 15.9 Å². The summed E-state index contributed by atoms with van der Waals surface area (Å²) in [4.78, 5) is 12.4. The van der Waals surface area contributed by atoms with E-state index >= 15 is 0 Å².